The fourth-order valence-electron chi connectivity index (χ4n) is 1.44. The van der Waals surface area contributed by atoms with Gasteiger partial charge in [0.1, 0.15) is 0 Å². The van der Waals surface area contributed by atoms with E-state index in [1.54, 1.807) is 27.4 Å². The van der Waals surface area contributed by atoms with Crippen molar-refractivity contribution in [3.63, 3.8) is 0 Å². The molecule has 0 amide bonds. The van der Waals surface area contributed by atoms with Gasteiger partial charge in [-0.2, -0.15) is 0 Å². The molecule has 0 spiro atoms. The van der Waals surface area contributed by atoms with Gasteiger partial charge in [0, 0.05) is 0 Å². The van der Waals surface area contributed by atoms with E-state index in [0.717, 1.165) is 11.1 Å². The first-order valence-electron chi connectivity index (χ1n) is 4.12. The zero-order chi connectivity index (χ0) is 11.5. The summed E-state index contributed by atoms with van der Waals surface area (Å²) < 4.78 is 0.458. The molecule has 3 nitrogen and oxygen atoms in total. The number of carbonyl (C=O) groups excluding carboxylic acids is 3. The Morgan fingerprint density at radius 2 is 1.87 bits per heavy atom. The van der Waals surface area contributed by atoms with Crippen molar-refractivity contribution in [1.82, 2.24) is 0 Å². The van der Waals surface area contributed by atoms with Crippen LogP contribution in [0.4, 0.5) is 0 Å². The number of allylic oxidation sites excluding steroid dienone is 5. The molecule has 0 aromatic heterocycles. The predicted molar refractivity (Wildman–Crippen MR) is 52.7 cm³/mol. The zero-order valence-electron chi connectivity index (χ0n) is 8.17. The minimum absolute atomic E-state index is 0.458. The number of hydrogen-bond acceptors (Lipinski definition) is 3. The van der Waals surface area contributed by atoms with Crippen molar-refractivity contribution in [2.45, 2.75) is 13.3 Å². The maximum atomic E-state index is 10.8. The number of hydrogen-bond donors (Lipinski definition) is 0. The van der Waals surface area contributed by atoms with Crippen LogP contribution in [-0.4, -0.2) is 14.4 Å². The van der Waals surface area contributed by atoms with Gasteiger partial charge >= 0.3 is 88.0 Å². The van der Waals surface area contributed by atoms with Gasteiger partial charge in [-0.25, -0.2) is 0 Å². The zero-order valence-corrected chi connectivity index (χ0v) is 9.35. The third-order valence-electron chi connectivity index (χ3n) is 2.13. The molecule has 0 N–H and O–H groups in total. The second-order valence-electron chi connectivity index (χ2n) is 2.93. The molecule has 15 heavy (non-hydrogen) atoms. The van der Waals surface area contributed by atoms with E-state index in [1.807, 2.05) is 6.08 Å². The van der Waals surface area contributed by atoms with Crippen molar-refractivity contribution in [1.29, 1.82) is 0 Å². The summed E-state index contributed by atoms with van der Waals surface area (Å²) in [5.41, 5.74) is 1.49. The summed E-state index contributed by atoms with van der Waals surface area (Å²) in [6, 6.07) is 0. The van der Waals surface area contributed by atoms with Crippen LogP contribution in [0.25, 0.3) is 0 Å². The van der Waals surface area contributed by atoms with Crippen LogP contribution >= 0.6 is 0 Å². The molecule has 0 saturated heterocycles. The van der Waals surface area contributed by atoms with Gasteiger partial charge in [-0.05, 0) is 0 Å². The second kappa shape index (κ2) is 4.33. The van der Waals surface area contributed by atoms with Gasteiger partial charge in [0.2, 0.25) is 0 Å². The SMILES string of the molecule is C=CC1=[C]([Mn](=[C]=O)(=[C]=O)=[C]=O)C(C)=CC1. The molecule has 0 heterocycles. The van der Waals surface area contributed by atoms with Gasteiger partial charge in [-0.3, -0.25) is 0 Å². The van der Waals surface area contributed by atoms with Gasteiger partial charge < -0.3 is 0 Å². The topological polar surface area (TPSA) is 51.2 Å². The molecule has 0 fully saturated rings. The summed E-state index contributed by atoms with van der Waals surface area (Å²) in [6.45, 7) is 5.34. The van der Waals surface area contributed by atoms with Crippen molar-refractivity contribution in [2.24, 2.45) is 0 Å². The summed E-state index contributed by atoms with van der Waals surface area (Å²) in [5, 5.41) is 0. The maximum absolute atomic E-state index is 10.8. The summed E-state index contributed by atoms with van der Waals surface area (Å²) in [4.78, 5) is 37.0. The van der Waals surface area contributed by atoms with Gasteiger partial charge in [-0.15, -0.1) is 0 Å². The first-order chi connectivity index (χ1) is 7.15. The molecule has 1 aliphatic rings. The quantitative estimate of drug-likeness (QED) is 0.684. The van der Waals surface area contributed by atoms with Crippen LogP contribution in [0.2, 0.25) is 0 Å². The Kier molecular flexibility index (Phi) is 3.34. The van der Waals surface area contributed by atoms with E-state index in [9.17, 15) is 14.4 Å². The molecule has 0 bridgehead atoms. The van der Waals surface area contributed by atoms with E-state index in [-0.39, 0.29) is 0 Å². The van der Waals surface area contributed by atoms with Crippen molar-refractivity contribution in [3.8, 4) is 0 Å². The molecule has 4 heteroatoms. The van der Waals surface area contributed by atoms with E-state index in [0.29, 0.717) is 10.9 Å². The fraction of sp³-hybridized carbons (Fsp3) is 0.182. The Morgan fingerprint density at radius 1 is 1.33 bits per heavy atom. The second-order valence-corrected chi connectivity index (χ2v) is 6.02. The van der Waals surface area contributed by atoms with Crippen LogP contribution in [0.3, 0.4) is 0 Å². The Balaban J connectivity index is 3.94. The molecule has 1 aliphatic carbocycles. The molecule has 0 aromatic rings. The molecule has 1 rings (SSSR count). The summed E-state index contributed by atoms with van der Waals surface area (Å²) >= 11 is -3.63. The number of rotatable bonds is 2. The summed E-state index contributed by atoms with van der Waals surface area (Å²) in [5.74, 6) is 0. The van der Waals surface area contributed by atoms with Crippen LogP contribution in [-0.2, 0) is 25.9 Å². The summed E-state index contributed by atoms with van der Waals surface area (Å²) in [7, 11) is 0. The Hall–Kier alpha value is -1.52. The van der Waals surface area contributed by atoms with Gasteiger partial charge in [0.25, 0.3) is 0 Å². The van der Waals surface area contributed by atoms with E-state index >= 15 is 0 Å². The van der Waals surface area contributed by atoms with Gasteiger partial charge in [0.15, 0.2) is 0 Å². The van der Waals surface area contributed by atoms with Gasteiger partial charge in [-0.1, -0.05) is 0 Å². The molecule has 0 radical (unpaired) electrons. The van der Waals surface area contributed by atoms with Crippen molar-refractivity contribution < 1.29 is 25.9 Å². The van der Waals surface area contributed by atoms with Crippen LogP contribution < -0.4 is 0 Å². The third-order valence-corrected chi connectivity index (χ3v) is 4.95. The standard InChI is InChI=1S/C8H9.3CO.Mn/c1-3-8-5-4-7(2)6-8;3*1-2;/h3-4H,1,5H2,2H3;;;;. The average Bonchev–Trinajstić information content (AvgIpc) is 2.65. The van der Waals surface area contributed by atoms with Gasteiger partial charge in [0.05, 0.1) is 0 Å². The first kappa shape index (κ1) is 11.6. The van der Waals surface area contributed by atoms with Crippen LogP contribution in [0.5, 0.6) is 0 Å². The Morgan fingerprint density at radius 3 is 2.27 bits per heavy atom. The first-order valence-corrected chi connectivity index (χ1v) is 6.48. The summed E-state index contributed by atoms with van der Waals surface area (Å²) in [6.07, 6.45) is 3.99. The van der Waals surface area contributed by atoms with E-state index in [2.05, 4.69) is 6.58 Å². The van der Waals surface area contributed by atoms with Crippen molar-refractivity contribution in [2.75, 3.05) is 0 Å². The van der Waals surface area contributed by atoms with Crippen molar-refractivity contribution >= 4 is 14.4 Å². The molecule has 78 valence electrons. The van der Waals surface area contributed by atoms with Crippen LogP contribution in [0.15, 0.2) is 34.3 Å². The molecule has 0 atom stereocenters. The molecular formula is C11H9MnO3. The van der Waals surface area contributed by atoms with Crippen molar-refractivity contribution in [3.05, 3.63) is 34.3 Å². The van der Waals surface area contributed by atoms with E-state index in [4.69, 9.17) is 0 Å². The van der Waals surface area contributed by atoms with E-state index in [1.165, 1.54) is 0 Å². The molecule has 0 aromatic carbocycles. The molecule has 0 saturated carbocycles. The normalized spacial score (nSPS) is 15.1. The third kappa shape index (κ3) is 1.69. The predicted octanol–water partition coefficient (Wildman–Crippen LogP) is 1.13. The minimum atomic E-state index is -3.63. The van der Waals surface area contributed by atoms with E-state index < -0.39 is 11.5 Å². The Bertz CT molecular complexity index is 583. The van der Waals surface area contributed by atoms with Crippen LogP contribution in [0, 0.1) is 0 Å². The Labute approximate surface area is 88.3 Å². The molecule has 0 aliphatic heterocycles. The molecule has 0 unspecified atom stereocenters. The average molecular weight is 244 g/mol. The monoisotopic (exact) mass is 244 g/mol. The molecular weight excluding hydrogens is 235 g/mol. The van der Waals surface area contributed by atoms with Crippen LogP contribution in [0.1, 0.15) is 13.3 Å². The fourth-order valence-corrected chi connectivity index (χ4v) is 3.57.